The SMILES string of the molecule is [C-]#[N+]c1ccc(N(c2ccc(-c3ccc(N(c4ccc(C#N)cc4)c4ccc5c(c4)c4ccccc4n5-c4ccc(F)c(F)c4)cc3)cc2)c2ccc3c(c2)c2ccccc2n3-c2ccc(F)c(F)c2)cc1. The molecule has 0 atom stereocenters. The Morgan fingerprint density at radius 3 is 1.15 bits per heavy atom. The van der Waals surface area contributed by atoms with Gasteiger partial charge in [0.15, 0.2) is 29.0 Å². The van der Waals surface area contributed by atoms with Gasteiger partial charge in [0.25, 0.3) is 0 Å². The van der Waals surface area contributed by atoms with E-state index in [9.17, 15) is 22.8 Å². The van der Waals surface area contributed by atoms with E-state index in [-0.39, 0.29) is 0 Å². The van der Waals surface area contributed by atoms with E-state index in [4.69, 9.17) is 6.57 Å². The molecule has 0 aliphatic heterocycles. The summed E-state index contributed by atoms with van der Waals surface area (Å²) in [4.78, 5) is 7.88. The van der Waals surface area contributed by atoms with Crippen LogP contribution in [0.2, 0.25) is 0 Å². The Morgan fingerprint density at radius 1 is 0.375 bits per heavy atom. The van der Waals surface area contributed by atoms with Crippen LogP contribution < -0.4 is 9.80 Å². The number of anilines is 6. The summed E-state index contributed by atoms with van der Waals surface area (Å²) in [5, 5.41) is 13.4. The van der Waals surface area contributed by atoms with Gasteiger partial charge in [0.05, 0.1) is 40.3 Å². The lowest BCUT2D eigenvalue weighted by Gasteiger charge is -2.26. The second-order valence-electron chi connectivity index (χ2n) is 17.4. The smallest absolute Gasteiger partial charge is 0.187 e. The third-order valence-electron chi connectivity index (χ3n) is 13.2. The molecule has 6 nitrogen and oxygen atoms in total. The molecular weight excluding hydrogens is 905 g/mol. The van der Waals surface area contributed by atoms with Gasteiger partial charge in [-0.15, -0.1) is 0 Å². The van der Waals surface area contributed by atoms with E-state index >= 15 is 0 Å². The second-order valence-corrected chi connectivity index (χ2v) is 17.4. The molecule has 0 spiro atoms. The van der Waals surface area contributed by atoms with Gasteiger partial charge in [-0.25, -0.2) is 22.4 Å². The van der Waals surface area contributed by atoms with Gasteiger partial charge >= 0.3 is 0 Å². The van der Waals surface area contributed by atoms with Crippen molar-refractivity contribution in [2.45, 2.75) is 0 Å². The van der Waals surface area contributed by atoms with Gasteiger partial charge in [0.2, 0.25) is 0 Å². The summed E-state index contributed by atoms with van der Waals surface area (Å²) in [5.74, 6) is -3.66. The van der Waals surface area contributed by atoms with Gasteiger partial charge in [-0.05, 0) is 145 Å². The Kier molecular flexibility index (Phi) is 10.6. The van der Waals surface area contributed by atoms with Crippen molar-refractivity contribution in [1.82, 2.24) is 9.13 Å². The molecule has 2 aromatic heterocycles. The van der Waals surface area contributed by atoms with Crippen LogP contribution in [0.4, 0.5) is 57.4 Å². The van der Waals surface area contributed by atoms with E-state index in [0.29, 0.717) is 22.6 Å². The number of halogens is 4. The van der Waals surface area contributed by atoms with Gasteiger partial charge in [0.1, 0.15) is 0 Å². The van der Waals surface area contributed by atoms with Crippen molar-refractivity contribution >= 4 is 83.4 Å². The van der Waals surface area contributed by atoms with Crippen LogP contribution in [0.15, 0.2) is 218 Å². The van der Waals surface area contributed by atoms with Crippen LogP contribution in [0.1, 0.15) is 5.56 Å². The number of nitrogens with zero attached hydrogens (tertiary/aromatic N) is 6. The first-order chi connectivity index (χ1) is 35.2. The molecule has 0 fully saturated rings. The van der Waals surface area contributed by atoms with Gasteiger partial charge in [0, 0.05) is 79.2 Å². The van der Waals surface area contributed by atoms with Gasteiger partial charge in [-0.3, -0.25) is 0 Å². The number of rotatable bonds is 9. The molecule has 72 heavy (non-hydrogen) atoms. The maximum atomic E-state index is 14.6. The van der Waals surface area contributed by atoms with Crippen LogP contribution in [0.3, 0.4) is 0 Å². The first kappa shape index (κ1) is 43.4. The van der Waals surface area contributed by atoms with Crippen LogP contribution >= 0.6 is 0 Å². The molecule has 2 heterocycles. The molecule has 0 bridgehead atoms. The standard InChI is InChI=1S/C62H36F4N6/c1-68-42-16-24-46(25-17-42)70(48-29-33-62-54(35-48)52-7-3-5-9-60(52)72(62)50-27-31-56(64)58(66)37-50)45-22-14-41(15-23-45)40-12-20-44(21-13-40)69(43-18-10-39(38-67)11-19-43)47-28-32-61-53(34-47)51-6-2-4-8-59(51)71(61)49-26-30-55(63)57(65)36-49/h2-37H. The number of nitriles is 1. The largest absolute Gasteiger partial charge is 0.311 e. The first-order valence-electron chi connectivity index (χ1n) is 23.0. The van der Waals surface area contributed by atoms with Crippen molar-refractivity contribution in [3.63, 3.8) is 0 Å². The van der Waals surface area contributed by atoms with E-state index in [1.165, 1.54) is 12.1 Å². The monoisotopic (exact) mass is 940 g/mol. The minimum Gasteiger partial charge on any atom is -0.311 e. The second kappa shape index (κ2) is 17.6. The lowest BCUT2D eigenvalue weighted by molar-refractivity contribution is 0.508. The Balaban J connectivity index is 0.917. The predicted molar refractivity (Wildman–Crippen MR) is 281 cm³/mol. The molecule has 0 aliphatic rings. The summed E-state index contributed by atoms with van der Waals surface area (Å²) < 4.78 is 61.3. The topological polar surface area (TPSA) is 44.5 Å². The summed E-state index contributed by atoms with van der Waals surface area (Å²) in [7, 11) is 0. The van der Waals surface area contributed by atoms with E-state index in [1.807, 2.05) is 106 Å². The molecule has 0 aliphatic carbocycles. The highest BCUT2D eigenvalue weighted by molar-refractivity contribution is 6.12. The maximum Gasteiger partial charge on any atom is 0.187 e. The highest BCUT2D eigenvalue weighted by atomic mass is 19.2. The Hall–Kier alpha value is -9.90. The zero-order valence-corrected chi connectivity index (χ0v) is 38.0. The van der Waals surface area contributed by atoms with Crippen LogP contribution in [0.5, 0.6) is 0 Å². The maximum absolute atomic E-state index is 14.6. The van der Waals surface area contributed by atoms with Crippen LogP contribution in [0.25, 0.3) is 71.0 Å². The third kappa shape index (κ3) is 7.43. The van der Waals surface area contributed by atoms with E-state index in [0.717, 1.165) is 101 Å². The summed E-state index contributed by atoms with van der Waals surface area (Å²) in [6, 6.07) is 69.5. The summed E-state index contributed by atoms with van der Waals surface area (Å²) in [6.45, 7) is 7.59. The van der Waals surface area contributed by atoms with Gasteiger partial charge < -0.3 is 18.9 Å². The van der Waals surface area contributed by atoms with Crippen LogP contribution in [-0.2, 0) is 0 Å². The number of hydrogen-bond acceptors (Lipinski definition) is 3. The quantitative estimate of drug-likeness (QED) is 0.107. The van der Waals surface area contributed by atoms with Crippen molar-refractivity contribution in [3.8, 4) is 28.6 Å². The fraction of sp³-hybridized carbons (Fsp3) is 0. The van der Waals surface area contributed by atoms with Crippen molar-refractivity contribution in [3.05, 3.63) is 259 Å². The van der Waals surface area contributed by atoms with Crippen molar-refractivity contribution in [2.24, 2.45) is 0 Å². The molecule has 0 amide bonds. The molecule has 12 rings (SSSR count). The summed E-state index contributed by atoms with van der Waals surface area (Å²) >= 11 is 0. The zero-order valence-electron chi connectivity index (χ0n) is 38.0. The zero-order chi connectivity index (χ0) is 49.0. The van der Waals surface area contributed by atoms with E-state index < -0.39 is 23.3 Å². The third-order valence-corrected chi connectivity index (χ3v) is 13.2. The molecular formula is C62H36F4N6. The molecule has 0 N–H and O–H groups in total. The average molecular weight is 941 g/mol. The normalized spacial score (nSPS) is 11.3. The van der Waals surface area contributed by atoms with E-state index in [1.54, 1.807) is 36.4 Å². The highest BCUT2D eigenvalue weighted by Gasteiger charge is 2.21. The Morgan fingerprint density at radius 2 is 0.750 bits per heavy atom. The summed E-state index contributed by atoms with van der Waals surface area (Å²) in [5.41, 5.74) is 12.6. The molecule has 0 saturated heterocycles. The summed E-state index contributed by atoms with van der Waals surface area (Å²) in [6.07, 6.45) is 0. The molecule has 0 unspecified atom stereocenters. The minimum absolute atomic E-state index is 0.508. The number of fused-ring (bicyclic) bond motifs is 6. The first-order valence-corrected chi connectivity index (χ1v) is 23.0. The fourth-order valence-corrected chi connectivity index (χ4v) is 9.87. The van der Waals surface area contributed by atoms with Crippen LogP contribution in [-0.4, -0.2) is 9.13 Å². The minimum atomic E-state index is -0.923. The highest BCUT2D eigenvalue weighted by Crippen LogP contribution is 2.43. The van der Waals surface area contributed by atoms with Crippen molar-refractivity contribution in [1.29, 1.82) is 5.26 Å². The number of hydrogen-bond donors (Lipinski definition) is 0. The van der Waals surface area contributed by atoms with E-state index in [2.05, 4.69) is 81.4 Å². The molecule has 342 valence electrons. The molecule has 10 heteroatoms. The number of benzene rings is 10. The average Bonchev–Trinajstić information content (AvgIpc) is 3.94. The lowest BCUT2D eigenvalue weighted by atomic mass is 10.0. The van der Waals surface area contributed by atoms with Crippen molar-refractivity contribution in [2.75, 3.05) is 9.80 Å². The van der Waals surface area contributed by atoms with Crippen molar-refractivity contribution < 1.29 is 17.6 Å². The lowest BCUT2D eigenvalue weighted by Crippen LogP contribution is -2.10. The number of aromatic nitrogens is 2. The predicted octanol–water partition coefficient (Wildman–Crippen LogP) is 17.5. The van der Waals surface area contributed by atoms with Gasteiger partial charge in [-0.1, -0.05) is 72.8 Å². The Bertz CT molecular complexity index is 3890. The molecule has 10 aromatic carbocycles. The number of para-hydroxylation sites is 2. The Labute approximate surface area is 410 Å². The fourth-order valence-electron chi connectivity index (χ4n) is 9.87. The van der Waals surface area contributed by atoms with Crippen LogP contribution in [0, 0.1) is 41.2 Å². The van der Waals surface area contributed by atoms with Gasteiger partial charge in [-0.2, -0.15) is 5.26 Å². The molecule has 0 saturated carbocycles. The molecule has 0 radical (unpaired) electrons. The molecule has 12 aromatic rings.